The van der Waals surface area contributed by atoms with Crippen LogP contribution in [0.2, 0.25) is 0 Å². The van der Waals surface area contributed by atoms with Gasteiger partial charge in [0.15, 0.2) is 0 Å². The quantitative estimate of drug-likeness (QED) is 0.897. The molecule has 0 spiro atoms. The van der Waals surface area contributed by atoms with Gasteiger partial charge < -0.3 is 15.0 Å². The molecule has 112 valence electrons. The Labute approximate surface area is 124 Å². The van der Waals surface area contributed by atoms with Gasteiger partial charge in [-0.2, -0.15) is 0 Å². The van der Waals surface area contributed by atoms with Crippen molar-refractivity contribution in [2.24, 2.45) is 5.92 Å². The van der Waals surface area contributed by atoms with E-state index in [-0.39, 0.29) is 17.7 Å². The number of aryl methyl sites for hydroxylation is 1. The number of carbonyl (C=O) groups is 2. The SMILES string of the molecule is COc1ccc2c(c1)CCCN2C(=O)C1CCC(=O)NC1. The fraction of sp³-hybridized carbons (Fsp3) is 0.500. The Hall–Kier alpha value is -2.04. The summed E-state index contributed by atoms with van der Waals surface area (Å²) in [5.74, 6) is 0.896. The Kier molecular flexibility index (Phi) is 3.82. The second-order valence-electron chi connectivity index (χ2n) is 5.63. The number of methoxy groups -OCH3 is 1. The van der Waals surface area contributed by atoms with Gasteiger partial charge in [0, 0.05) is 25.2 Å². The molecular formula is C16H20N2O3. The average molecular weight is 288 g/mol. The highest BCUT2D eigenvalue weighted by Gasteiger charge is 2.31. The first kappa shape index (κ1) is 13.9. The van der Waals surface area contributed by atoms with E-state index in [1.54, 1.807) is 7.11 Å². The van der Waals surface area contributed by atoms with E-state index < -0.39 is 0 Å². The van der Waals surface area contributed by atoms with Crippen molar-refractivity contribution in [1.82, 2.24) is 5.32 Å². The summed E-state index contributed by atoms with van der Waals surface area (Å²) in [6.45, 7) is 1.21. The second-order valence-corrected chi connectivity index (χ2v) is 5.63. The first-order valence-corrected chi connectivity index (χ1v) is 7.44. The molecule has 0 bridgehead atoms. The highest BCUT2D eigenvalue weighted by atomic mass is 16.5. The van der Waals surface area contributed by atoms with Crippen LogP contribution in [0.3, 0.4) is 0 Å². The molecular weight excluding hydrogens is 268 g/mol. The maximum Gasteiger partial charge on any atom is 0.231 e. The van der Waals surface area contributed by atoms with Crippen LogP contribution in [0.25, 0.3) is 0 Å². The van der Waals surface area contributed by atoms with E-state index in [9.17, 15) is 9.59 Å². The number of piperidine rings is 1. The van der Waals surface area contributed by atoms with Gasteiger partial charge in [-0.25, -0.2) is 0 Å². The molecule has 3 rings (SSSR count). The maximum atomic E-state index is 12.7. The minimum absolute atomic E-state index is 0.0443. The number of rotatable bonds is 2. The van der Waals surface area contributed by atoms with Crippen LogP contribution < -0.4 is 15.0 Å². The van der Waals surface area contributed by atoms with Crippen LogP contribution in [-0.2, 0) is 16.0 Å². The lowest BCUT2D eigenvalue weighted by molar-refractivity contribution is -0.127. The summed E-state index contributed by atoms with van der Waals surface area (Å²) in [6.07, 6.45) is 3.02. The van der Waals surface area contributed by atoms with Crippen molar-refractivity contribution >= 4 is 17.5 Å². The zero-order valence-corrected chi connectivity index (χ0v) is 12.2. The lowest BCUT2D eigenvalue weighted by Crippen LogP contribution is -2.46. The number of amides is 2. The third kappa shape index (κ3) is 2.73. The summed E-state index contributed by atoms with van der Waals surface area (Å²) in [5, 5.41) is 2.79. The molecule has 0 aromatic heterocycles. The lowest BCUT2D eigenvalue weighted by atomic mass is 9.94. The summed E-state index contributed by atoms with van der Waals surface area (Å²) >= 11 is 0. The van der Waals surface area contributed by atoms with Gasteiger partial charge in [0.25, 0.3) is 0 Å². The van der Waals surface area contributed by atoms with Crippen LogP contribution in [-0.4, -0.2) is 32.0 Å². The molecule has 1 unspecified atom stereocenters. The molecule has 2 amide bonds. The number of nitrogens with one attached hydrogen (secondary N) is 1. The Balaban J connectivity index is 1.81. The van der Waals surface area contributed by atoms with Crippen molar-refractivity contribution in [2.45, 2.75) is 25.7 Å². The van der Waals surface area contributed by atoms with Gasteiger partial charge in [0.1, 0.15) is 5.75 Å². The topological polar surface area (TPSA) is 58.6 Å². The molecule has 0 saturated carbocycles. The Bertz CT molecular complexity index is 561. The molecule has 2 aliphatic heterocycles. The van der Waals surface area contributed by atoms with Crippen LogP contribution in [0.15, 0.2) is 18.2 Å². The van der Waals surface area contributed by atoms with Gasteiger partial charge in [0.05, 0.1) is 13.0 Å². The van der Waals surface area contributed by atoms with Crippen LogP contribution in [0.4, 0.5) is 5.69 Å². The summed E-state index contributed by atoms with van der Waals surface area (Å²) < 4.78 is 5.25. The second kappa shape index (κ2) is 5.76. The van der Waals surface area contributed by atoms with Crippen molar-refractivity contribution in [3.8, 4) is 5.75 Å². The molecule has 1 atom stereocenters. The average Bonchev–Trinajstić information content (AvgIpc) is 2.53. The van der Waals surface area contributed by atoms with E-state index in [2.05, 4.69) is 5.32 Å². The zero-order valence-electron chi connectivity index (χ0n) is 12.2. The molecule has 0 aliphatic carbocycles. The predicted octanol–water partition coefficient (Wildman–Crippen LogP) is 1.50. The first-order chi connectivity index (χ1) is 10.2. The molecule has 2 aliphatic rings. The lowest BCUT2D eigenvalue weighted by Gasteiger charge is -2.33. The molecule has 1 fully saturated rings. The van der Waals surface area contributed by atoms with E-state index in [1.165, 1.54) is 0 Å². The van der Waals surface area contributed by atoms with E-state index in [1.807, 2.05) is 23.1 Å². The van der Waals surface area contributed by atoms with Gasteiger partial charge in [-0.3, -0.25) is 9.59 Å². The molecule has 5 heteroatoms. The van der Waals surface area contributed by atoms with Crippen molar-refractivity contribution in [3.63, 3.8) is 0 Å². The van der Waals surface area contributed by atoms with E-state index in [0.717, 1.165) is 36.4 Å². The number of fused-ring (bicyclic) bond motifs is 1. The standard InChI is InChI=1S/C16H20N2O3/c1-21-13-5-6-14-11(9-13)3-2-8-18(14)16(20)12-4-7-15(19)17-10-12/h5-6,9,12H,2-4,7-8,10H2,1H3,(H,17,19). The summed E-state index contributed by atoms with van der Waals surface area (Å²) in [6, 6.07) is 5.87. The van der Waals surface area contributed by atoms with Crippen LogP contribution in [0.5, 0.6) is 5.75 Å². The van der Waals surface area contributed by atoms with Gasteiger partial charge in [-0.1, -0.05) is 0 Å². The molecule has 21 heavy (non-hydrogen) atoms. The third-order valence-corrected chi connectivity index (χ3v) is 4.29. The Morgan fingerprint density at radius 3 is 2.95 bits per heavy atom. The molecule has 2 heterocycles. The predicted molar refractivity (Wildman–Crippen MR) is 79.4 cm³/mol. The fourth-order valence-electron chi connectivity index (χ4n) is 3.09. The molecule has 1 aromatic carbocycles. The third-order valence-electron chi connectivity index (χ3n) is 4.29. The van der Waals surface area contributed by atoms with Crippen LogP contribution in [0, 0.1) is 5.92 Å². The maximum absolute atomic E-state index is 12.7. The van der Waals surface area contributed by atoms with E-state index >= 15 is 0 Å². The van der Waals surface area contributed by atoms with Gasteiger partial charge in [-0.05, 0) is 43.0 Å². The number of benzene rings is 1. The number of hydrogen-bond donors (Lipinski definition) is 1. The zero-order chi connectivity index (χ0) is 14.8. The molecule has 1 aromatic rings. The Morgan fingerprint density at radius 2 is 2.24 bits per heavy atom. The molecule has 1 saturated heterocycles. The minimum Gasteiger partial charge on any atom is -0.497 e. The summed E-state index contributed by atoms with van der Waals surface area (Å²) in [7, 11) is 1.65. The number of anilines is 1. The monoisotopic (exact) mass is 288 g/mol. The van der Waals surface area contributed by atoms with Gasteiger partial charge >= 0.3 is 0 Å². The number of ether oxygens (including phenoxy) is 1. The van der Waals surface area contributed by atoms with Crippen LogP contribution >= 0.6 is 0 Å². The van der Waals surface area contributed by atoms with Gasteiger partial charge in [-0.15, -0.1) is 0 Å². The number of hydrogen-bond acceptors (Lipinski definition) is 3. The first-order valence-electron chi connectivity index (χ1n) is 7.44. The van der Waals surface area contributed by atoms with Crippen molar-refractivity contribution in [2.75, 3.05) is 25.1 Å². The van der Waals surface area contributed by atoms with Crippen molar-refractivity contribution in [3.05, 3.63) is 23.8 Å². The fourth-order valence-corrected chi connectivity index (χ4v) is 3.09. The molecule has 1 N–H and O–H groups in total. The van der Waals surface area contributed by atoms with Crippen molar-refractivity contribution in [1.29, 1.82) is 0 Å². The number of carbonyl (C=O) groups excluding carboxylic acids is 2. The molecule has 5 nitrogen and oxygen atoms in total. The van der Waals surface area contributed by atoms with Gasteiger partial charge in [0.2, 0.25) is 11.8 Å². The summed E-state index contributed by atoms with van der Waals surface area (Å²) in [5.41, 5.74) is 2.15. The van der Waals surface area contributed by atoms with Crippen molar-refractivity contribution < 1.29 is 14.3 Å². The van der Waals surface area contributed by atoms with Crippen LogP contribution in [0.1, 0.15) is 24.8 Å². The largest absolute Gasteiger partial charge is 0.497 e. The van der Waals surface area contributed by atoms with E-state index in [4.69, 9.17) is 4.74 Å². The Morgan fingerprint density at radius 1 is 1.38 bits per heavy atom. The van der Waals surface area contributed by atoms with E-state index in [0.29, 0.717) is 19.4 Å². The normalized spacial score (nSPS) is 21.5. The summed E-state index contributed by atoms with van der Waals surface area (Å²) in [4.78, 5) is 25.8. The minimum atomic E-state index is -0.101. The highest BCUT2D eigenvalue weighted by Crippen LogP contribution is 2.32. The molecule has 0 radical (unpaired) electrons. The number of nitrogens with zero attached hydrogens (tertiary/aromatic N) is 1. The smallest absolute Gasteiger partial charge is 0.231 e. The highest BCUT2D eigenvalue weighted by molar-refractivity contribution is 5.97.